The molecule has 1 N–H and O–H groups in total. The lowest BCUT2D eigenvalue weighted by atomic mass is 10.0. The van der Waals surface area contributed by atoms with Crippen molar-refractivity contribution < 1.29 is 14.7 Å². The zero-order valence-corrected chi connectivity index (χ0v) is 19.4. The summed E-state index contributed by atoms with van der Waals surface area (Å²) < 4.78 is 3.05. The Bertz CT molecular complexity index is 1040. The molecule has 0 spiro atoms. The lowest BCUT2D eigenvalue weighted by molar-refractivity contribution is -0.0762. The van der Waals surface area contributed by atoms with Gasteiger partial charge in [-0.2, -0.15) is 0 Å². The van der Waals surface area contributed by atoms with Crippen LogP contribution >= 0.6 is 15.9 Å². The maximum Gasteiger partial charge on any atom is 0.293 e. The van der Waals surface area contributed by atoms with Gasteiger partial charge in [0.2, 0.25) is 0 Å². The second-order valence-corrected chi connectivity index (χ2v) is 8.74. The molecule has 0 bridgehead atoms. The van der Waals surface area contributed by atoms with Crippen molar-refractivity contribution in [2.75, 3.05) is 14.2 Å². The molecule has 2 heterocycles. The molecule has 0 fully saturated rings. The number of hydrogen-bond acceptors (Lipinski definition) is 4. The summed E-state index contributed by atoms with van der Waals surface area (Å²) in [6, 6.07) is 13.8. The molecule has 0 radical (unpaired) electrons. The van der Waals surface area contributed by atoms with E-state index in [1.54, 1.807) is 27.0 Å². The second-order valence-electron chi connectivity index (χ2n) is 7.88. The fourth-order valence-electron chi connectivity index (χ4n) is 3.40. The van der Waals surface area contributed by atoms with Crippen LogP contribution in [0.2, 0.25) is 0 Å². The van der Waals surface area contributed by atoms with Crippen LogP contribution in [0.25, 0.3) is 11.0 Å². The molecule has 160 valence electrons. The van der Waals surface area contributed by atoms with Crippen molar-refractivity contribution in [3.8, 4) is 0 Å². The largest absolute Gasteiger partial charge is 0.384 e. The maximum atomic E-state index is 12.8. The van der Waals surface area contributed by atoms with E-state index in [2.05, 4.69) is 27.0 Å². The summed E-state index contributed by atoms with van der Waals surface area (Å²) in [5.41, 5.74) is 2.00. The molecule has 2 aromatic heterocycles. The van der Waals surface area contributed by atoms with Gasteiger partial charge in [-0.3, -0.25) is 9.63 Å². The molecule has 3 aromatic rings. The number of rotatable bonds is 8. The van der Waals surface area contributed by atoms with E-state index < -0.39 is 5.60 Å². The minimum absolute atomic E-state index is 0.230. The first-order valence-electron chi connectivity index (χ1n) is 10.0. The van der Waals surface area contributed by atoms with Crippen molar-refractivity contribution >= 4 is 32.9 Å². The Labute approximate surface area is 185 Å². The number of aryl methyl sites for hydroxylation is 2. The molecule has 0 saturated heterocycles. The molecule has 1 amide bonds. The number of hydrogen-bond donors (Lipinski definition) is 1. The van der Waals surface area contributed by atoms with Crippen LogP contribution in [0.3, 0.4) is 0 Å². The minimum atomic E-state index is -1.06. The van der Waals surface area contributed by atoms with E-state index in [9.17, 15) is 9.90 Å². The predicted molar refractivity (Wildman–Crippen MR) is 121 cm³/mol. The molecule has 0 aliphatic rings. The Morgan fingerprint density at radius 2 is 1.97 bits per heavy atom. The normalized spacial score (nSPS) is 11.8. The molecular formula is C23H28BrN3O3. The van der Waals surface area contributed by atoms with Crippen LogP contribution in [0, 0.1) is 0 Å². The lowest BCUT2D eigenvalue weighted by Crippen LogP contribution is -2.27. The van der Waals surface area contributed by atoms with Crippen LogP contribution < -0.4 is 0 Å². The van der Waals surface area contributed by atoms with E-state index in [0.29, 0.717) is 23.6 Å². The van der Waals surface area contributed by atoms with Gasteiger partial charge in [0.25, 0.3) is 5.91 Å². The van der Waals surface area contributed by atoms with Gasteiger partial charge in [-0.25, -0.2) is 10.0 Å². The standard InChI is InChI=1S/C23H28BrN3O3/c1-23(2,29)20-13-12-17-15-19(22(28)26(3)30-4)27(21(17)25-20)14-8-7-10-16-9-5-6-11-18(16)24/h5-6,9,11-13,15,29H,7-8,10,14H2,1-4H3. The number of benzene rings is 1. The quantitative estimate of drug-likeness (QED) is 0.380. The highest BCUT2D eigenvalue weighted by Crippen LogP contribution is 2.25. The molecule has 30 heavy (non-hydrogen) atoms. The van der Waals surface area contributed by atoms with Crippen molar-refractivity contribution in [3.05, 3.63) is 63.9 Å². The number of aromatic nitrogens is 2. The first-order valence-corrected chi connectivity index (χ1v) is 10.8. The number of hydroxylamine groups is 2. The molecular weight excluding hydrogens is 446 g/mol. The Morgan fingerprint density at radius 1 is 1.23 bits per heavy atom. The summed E-state index contributed by atoms with van der Waals surface area (Å²) in [6.45, 7) is 4.06. The number of pyridine rings is 1. The van der Waals surface area contributed by atoms with Gasteiger partial charge in [0.1, 0.15) is 16.9 Å². The fraction of sp³-hybridized carbons (Fsp3) is 0.391. The Morgan fingerprint density at radius 3 is 2.63 bits per heavy atom. The summed E-state index contributed by atoms with van der Waals surface area (Å²) in [6.07, 6.45) is 2.81. The van der Waals surface area contributed by atoms with Crippen molar-refractivity contribution in [1.29, 1.82) is 0 Å². The number of halogens is 1. The number of nitrogens with zero attached hydrogens (tertiary/aromatic N) is 3. The Balaban J connectivity index is 1.88. The third-order valence-electron chi connectivity index (χ3n) is 5.19. The van der Waals surface area contributed by atoms with Crippen molar-refractivity contribution in [2.45, 2.75) is 45.3 Å². The topological polar surface area (TPSA) is 67.6 Å². The van der Waals surface area contributed by atoms with Crippen LogP contribution in [0.15, 0.2) is 46.9 Å². The average molecular weight is 474 g/mol. The molecule has 0 aliphatic heterocycles. The number of aliphatic hydroxyl groups is 1. The van der Waals surface area contributed by atoms with Gasteiger partial charge in [-0.15, -0.1) is 0 Å². The molecule has 0 saturated carbocycles. The van der Waals surface area contributed by atoms with Gasteiger partial charge in [0.05, 0.1) is 12.8 Å². The summed E-state index contributed by atoms with van der Waals surface area (Å²) in [7, 11) is 3.06. The SMILES string of the molecule is CON(C)C(=O)c1cc2ccc(C(C)(C)O)nc2n1CCCCc1ccccc1Br. The lowest BCUT2D eigenvalue weighted by Gasteiger charge is -2.18. The zero-order chi connectivity index (χ0) is 21.9. The van der Waals surface area contributed by atoms with Crippen LogP contribution in [-0.2, 0) is 23.4 Å². The first-order chi connectivity index (χ1) is 14.2. The van der Waals surface area contributed by atoms with E-state index in [0.717, 1.165) is 29.1 Å². The number of carbonyl (C=O) groups excluding carboxylic acids is 1. The predicted octanol–water partition coefficient (Wildman–Crippen LogP) is 4.68. The average Bonchev–Trinajstić information content (AvgIpc) is 3.08. The van der Waals surface area contributed by atoms with Gasteiger partial charge in [0.15, 0.2) is 0 Å². The third-order valence-corrected chi connectivity index (χ3v) is 5.96. The van der Waals surface area contributed by atoms with Crippen molar-refractivity contribution in [1.82, 2.24) is 14.6 Å². The van der Waals surface area contributed by atoms with Crippen LogP contribution in [-0.4, -0.2) is 39.8 Å². The van der Waals surface area contributed by atoms with Crippen molar-refractivity contribution in [3.63, 3.8) is 0 Å². The Hall–Kier alpha value is -2.22. The molecule has 1 aromatic carbocycles. The number of amides is 1. The molecule has 3 rings (SSSR count). The fourth-order valence-corrected chi connectivity index (χ4v) is 3.89. The summed E-state index contributed by atoms with van der Waals surface area (Å²) in [5.74, 6) is -0.230. The summed E-state index contributed by atoms with van der Waals surface area (Å²) in [5, 5.41) is 12.5. The van der Waals surface area contributed by atoms with E-state index >= 15 is 0 Å². The summed E-state index contributed by atoms with van der Waals surface area (Å²) in [4.78, 5) is 22.6. The molecule has 0 atom stereocenters. The van der Waals surface area contributed by atoms with E-state index in [4.69, 9.17) is 4.84 Å². The highest BCUT2D eigenvalue weighted by atomic mass is 79.9. The van der Waals surface area contributed by atoms with Gasteiger partial charge in [-0.1, -0.05) is 34.1 Å². The van der Waals surface area contributed by atoms with Crippen LogP contribution in [0.4, 0.5) is 0 Å². The van der Waals surface area contributed by atoms with Gasteiger partial charge < -0.3 is 9.67 Å². The highest BCUT2D eigenvalue weighted by molar-refractivity contribution is 9.10. The smallest absolute Gasteiger partial charge is 0.293 e. The first kappa shape index (κ1) is 22.5. The minimum Gasteiger partial charge on any atom is -0.384 e. The third kappa shape index (κ3) is 4.91. The zero-order valence-electron chi connectivity index (χ0n) is 17.9. The summed E-state index contributed by atoms with van der Waals surface area (Å²) >= 11 is 3.60. The number of carbonyl (C=O) groups is 1. The van der Waals surface area contributed by atoms with Gasteiger partial charge >= 0.3 is 0 Å². The van der Waals surface area contributed by atoms with Crippen molar-refractivity contribution in [2.24, 2.45) is 0 Å². The highest BCUT2D eigenvalue weighted by Gasteiger charge is 2.23. The molecule has 0 unspecified atom stereocenters. The molecule has 0 aliphatic carbocycles. The number of fused-ring (bicyclic) bond motifs is 1. The molecule has 7 heteroatoms. The van der Waals surface area contributed by atoms with E-state index in [1.807, 2.05) is 34.9 Å². The monoisotopic (exact) mass is 473 g/mol. The van der Waals surface area contributed by atoms with Gasteiger partial charge in [-0.05, 0) is 62.9 Å². The van der Waals surface area contributed by atoms with Crippen LogP contribution in [0.5, 0.6) is 0 Å². The number of unbranched alkanes of at least 4 members (excludes halogenated alkanes) is 1. The van der Waals surface area contributed by atoms with E-state index in [-0.39, 0.29) is 5.91 Å². The molecule has 6 nitrogen and oxygen atoms in total. The van der Waals surface area contributed by atoms with Gasteiger partial charge in [0, 0.05) is 23.5 Å². The van der Waals surface area contributed by atoms with E-state index in [1.165, 1.54) is 17.7 Å². The maximum absolute atomic E-state index is 12.8. The van der Waals surface area contributed by atoms with Crippen LogP contribution in [0.1, 0.15) is 48.4 Å². The Kier molecular flexibility index (Phi) is 6.95. The second kappa shape index (κ2) is 9.29.